The molecule has 0 aliphatic carbocycles. The third-order valence-electron chi connectivity index (χ3n) is 3.04. The molecule has 0 unspecified atom stereocenters. The Hall–Kier alpha value is -1.36. The smallest absolute Gasteiger partial charge is 0.0835 e. The summed E-state index contributed by atoms with van der Waals surface area (Å²) in [6, 6.07) is 7.71. The number of nitrogens with two attached hydrogens (primary N) is 1. The van der Waals surface area contributed by atoms with Crippen LogP contribution in [0.4, 0.5) is 0 Å². The monoisotopic (exact) mass is 248 g/mol. The van der Waals surface area contributed by atoms with E-state index in [1.54, 1.807) is 0 Å². The SMILES string of the molecule is NCc1nn(-c2ccccc2Cl)c2c1CNC2. The Balaban J connectivity index is 2.19. The van der Waals surface area contributed by atoms with Gasteiger partial charge in [0.05, 0.1) is 22.1 Å². The van der Waals surface area contributed by atoms with Gasteiger partial charge in [0.25, 0.3) is 0 Å². The first kappa shape index (κ1) is 10.8. The third kappa shape index (κ3) is 1.65. The van der Waals surface area contributed by atoms with E-state index < -0.39 is 0 Å². The molecule has 88 valence electrons. The maximum atomic E-state index is 6.20. The summed E-state index contributed by atoms with van der Waals surface area (Å²) in [6.45, 7) is 2.11. The first-order chi connectivity index (χ1) is 8.31. The maximum Gasteiger partial charge on any atom is 0.0835 e. The van der Waals surface area contributed by atoms with Crippen molar-refractivity contribution in [3.8, 4) is 5.69 Å². The molecule has 0 spiro atoms. The van der Waals surface area contributed by atoms with Gasteiger partial charge in [0.2, 0.25) is 0 Å². The number of nitrogens with one attached hydrogen (secondary N) is 1. The zero-order chi connectivity index (χ0) is 11.8. The number of rotatable bonds is 2. The van der Waals surface area contributed by atoms with Gasteiger partial charge in [-0.15, -0.1) is 0 Å². The van der Waals surface area contributed by atoms with Gasteiger partial charge < -0.3 is 11.1 Å². The van der Waals surface area contributed by atoms with Crippen LogP contribution in [0.3, 0.4) is 0 Å². The molecular weight excluding hydrogens is 236 g/mol. The molecule has 17 heavy (non-hydrogen) atoms. The van der Waals surface area contributed by atoms with Crippen LogP contribution in [0.2, 0.25) is 5.02 Å². The van der Waals surface area contributed by atoms with Crippen LogP contribution < -0.4 is 11.1 Å². The molecule has 0 saturated heterocycles. The molecule has 0 atom stereocenters. The van der Waals surface area contributed by atoms with Crippen molar-refractivity contribution in [1.29, 1.82) is 0 Å². The Morgan fingerprint density at radius 1 is 1.35 bits per heavy atom. The molecule has 3 rings (SSSR count). The van der Waals surface area contributed by atoms with Gasteiger partial charge in [-0.3, -0.25) is 0 Å². The Labute approximate surface area is 104 Å². The molecule has 4 nitrogen and oxygen atoms in total. The van der Waals surface area contributed by atoms with Crippen LogP contribution >= 0.6 is 11.6 Å². The number of aromatic nitrogens is 2. The second-order valence-corrected chi connectivity index (χ2v) is 4.45. The van der Waals surface area contributed by atoms with Crippen molar-refractivity contribution in [2.75, 3.05) is 0 Å². The summed E-state index contributed by atoms with van der Waals surface area (Å²) in [5, 5.41) is 8.56. The fourth-order valence-corrected chi connectivity index (χ4v) is 2.43. The Morgan fingerprint density at radius 3 is 2.94 bits per heavy atom. The lowest BCUT2D eigenvalue weighted by atomic mass is 10.2. The normalized spacial score (nSPS) is 14.0. The molecule has 0 radical (unpaired) electrons. The van der Waals surface area contributed by atoms with Crippen molar-refractivity contribution in [3.05, 3.63) is 46.2 Å². The molecule has 1 aliphatic rings. The van der Waals surface area contributed by atoms with E-state index in [4.69, 9.17) is 17.3 Å². The van der Waals surface area contributed by atoms with Crippen molar-refractivity contribution < 1.29 is 0 Å². The van der Waals surface area contributed by atoms with Crippen molar-refractivity contribution in [1.82, 2.24) is 15.1 Å². The summed E-state index contributed by atoms with van der Waals surface area (Å²) >= 11 is 6.20. The topological polar surface area (TPSA) is 55.9 Å². The highest BCUT2D eigenvalue weighted by Crippen LogP contribution is 2.26. The molecule has 0 bridgehead atoms. The number of halogens is 1. The standard InChI is InChI=1S/C12H13ClN4/c13-9-3-1-2-4-11(9)17-12-7-15-6-8(12)10(5-14)16-17/h1-4,15H,5-7,14H2. The van der Waals surface area contributed by atoms with Gasteiger partial charge in [0, 0.05) is 25.2 Å². The lowest BCUT2D eigenvalue weighted by molar-refractivity contribution is 0.697. The average Bonchev–Trinajstić information content (AvgIpc) is 2.91. The summed E-state index contributed by atoms with van der Waals surface area (Å²) in [6.07, 6.45) is 0. The van der Waals surface area contributed by atoms with Crippen molar-refractivity contribution in [2.24, 2.45) is 5.73 Å². The van der Waals surface area contributed by atoms with E-state index in [1.807, 2.05) is 28.9 Å². The maximum absolute atomic E-state index is 6.20. The Bertz CT molecular complexity index is 562. The first-order valence-corrected chi connectivity index (χ1v) is 5.94. The largest absolute Gasteiger partial charge is 0.325 e. The van der Waals surface area contributed by atoms with Crippen LogP contribution in [0.15, 0.2) is 24.3 Å². The van der Waals surface area contributed by atoms with E-state index in [0.29, 0.717) is 11.6 Å². The summed E-state index contributed by atoms with van der Waals surface area (Å²) < 4.78 is 1.90. The van der Waals surface area contributed by atoms with Crippen molar-refractivity contribution >= 4 is 11.6 Å². The lowest BCUT2D eigenvalue weighted by Crippen LogP contribution is -2.10. The fraction of sp³-hybridized carbons (Fsp3) is 0.250. The fourth-order valence-electron chi connectivity index (χ4n) is 2.21. The molecule has 2 heterocycles. The molecule has 1 aromatic heterocycles. The highest BCUT2D eigenvalue weighted by atomic mass is 35.5. The zero-order valence-corrected chi connectivity index (χ0v) is 10.0. The predicted molar refractivity (Wildman–Crippen MR) is 67.0 cm³/mol. The molecule has 0 saturated carbocycles. The molecule has 2 aromatic rings. The second kappa shape index (κ2) is 4.14. The Morgan fingerprint density at radius 2 is 2.18 bits per heavy atom. The first-order valence-electron chi connectivity index (χ1n) is 5.56. The van der Waals surface area contributed by atoms with E-state index in [1.165, 1.54) is 11.3 Å². The van der Waals surface area contributed by atoms with Crippen LogP contribution in [0.1, 0.15) is 17.0 Å². The molecule has 1 aliphatic heterocycles. The number of hydrogen-bond acceptors (Lipinski definition) is 3. The van der Waals surface area contributed by atoms with Crippen molar-refractivity contribution in [2.45, 2.75) is 19.6 Å². The van der Waals surface area contributed by atoms with Gasteiger partial charge in [0.15, 0.2) is 0 Å². The highest BCUT2D eigenvalue weighted by Gasteiger charge is 2.22. The second-order valence-electron chi connectivity index (χ2n) is 4.04. The predicted octanol–water partition coefficient (Wildman–Crippen LogP) is 1.59. The van der Waals surface area contributed by atoms with Gasteiger partial charge in [-0.1, -0.05) is 23.7 Å². The Kier molecular flexibility index (Phi) is 2.63. The quantitative estimate of drug-likeness (QED) is 0.849. The van der Waals surface area contributed by atoms with Crippen molar-refractivity contribution in [3.63, 3.8) is 0 Å². The third-order valence-corrected chi connectivity index (χ3v) is 3.36. The molecule has 1 aromatic carbocycles. The van der Waals surface area contributed by atoms with E-state index in [-0.39, 0.29) is 0 Å². The van der Waals surface area contributed by atoms with Crippen LogP contribution in [0.25, 0.3) is 5.69 Å². The minimum Gasteiger partial charge on any atom is -0.325 e. The van der Waals surface area contributed by atoms with Crippen LogP contribution in [0, 0.1) is 0 Å². The highest BCUT2D eigenvalue weighted by molar-refractivity contribution is 6.32. The molecule has 0 amide bonds. The van der Waals surface area contributed by atoms with Gasteiger partial charge in [0.1, 0.15) is 0 Å². The average molecular weight is 249 g/mol. The van der Waals surface area contributed by atoms with E-state index >= 15 is 0 Å². The van der Waals surface area contributed by atoms with Crippen LogP contribution in [-0.2, 0) is 19.6 Å². The number of benzene rings is 1. The number of hydrogen-bond donors (Lipinski definition) is 2. The summed E-state index contributed by atoms with van der Waals surface area (Å²) in [5.74, 6) is 0. The van der Waals surface area contributed by atoms with Gasteiger partial charge in [-0.05, 0) is 12.1 Å². The molecular formula is C12H13ClN4. The van der Waals surface area contributed by atoms with Crippen LogP contribution in [0.5, 0.6) is 0 Å². The summed E-state index contributed by atoms with van der Waals surface area (Å²) in [5.41, 5.74) is 9.96. The minimum atomic E-state index is 0.460. The summed E-state index contributed by atoms with van der Waals surface area (Å²) in [7, 11) is 0. The van der Waals surface area contributed by atoms with Crippen LogP contribution in [-0.4, -0.2) is 9.78 Å². The minimum absolute atomic E-state index is 0.460. The lowest BCUT2D eigenvalue weighted by Gasteiger charge is -2.07. The van der Waals surface area contributed by atoms with E-state index in [9.17, 15) is 0 Å². The molecule has 5 heteroatoms. The van der Waals surface area contributed by atoms with E-state index in [2.05, 4.69) is 10.4 Å². The zero-order valence-electron chi connectivity index (χ0n) is 9.28. The number of fused-ring (bicyclic) bond motifs is 1. The van der Waals surface area contributed by atoms with Gasteiger partial charge >= 0.3 is 0 Å². The van der Waals surface area contributed by atoms with Gasteiger partial charge in [-0.2, -0.15) is 5.10 Å². The molecule has 3 N–H and O–H groups in total. The van der Waals surface area contributed by atoms with E-state index in [0.717, 1.165) is 24.5 Å². The number of para-hydroxylation sites is 1. The number of nitrogens with zero attached hydrogens (tertiary/aromatic N) is 2. The molecule has 0 fully saturated rings. The van der Waals surface area contributed by atoms with Gasteiger partial charge in [-0.25, -0.2) is 4.68 Å². The summed E-state index contributed by atoms with van der Waals surface area (Å²) in [4.78, 5) is 0.